The van der Waals surface area contributed by atoms with Crippen molar-refractivity contribution < 1.29 is 19.0 Å². The smallest absolute Gasteiger partial charge is 0.117 e. The molecule has 1 aromatic heterocycles. The van der Waals surface area contributed by atoms with Crippen LogP contribution in [-0.2, 0) is 16.0 Å². The average Bonchev–Trinajstić information content (AvgIpc) is 3.27. The molecule has 0 amide bonds. The molecule has 1 N–H and O–H groups in total. The van der Waals surface area contributed by atoms with Gasteiger partial charge in [-0.2, -0.15) is 0 Å². The average molecular weight is 323 g/mol. The molecule has 1 aliphatic heterocycles. The summed E-state index contributed by atoms with van der Waals surface area (Å²) < 4.78 is 16.7. The molecule has 23 heavy (non-hydrogen) atoms. The minimum absolute atomic E-state index is 0.239. The van der Waals surface area contributed by atoms with E-state index < -0.39 is 6.10 Å². The summed E-state index contributed by atoms with van der Waals surface area (Å²) in [6.07, 6.45) is 8.38. The molecule has 2 heterocycles. The minimum Gasteiger partial charge on any atom is -0.468 e. The van der Waals surface area contributed by atoms with Gasteiger partial charge in [0, 0.05) is 25.8 Å². The van der Waals surface area contributed by atoms with Gasteiger partial charge in [0.1, 0.15) is 5.76 Å². The van der Waals surface area contributed by atoms with Gasteiger partial charge >= 0.3 is 0 Å². The Balaban J connectivity index is 1.47. The van der Waals surface area contributed by atoms with Gasteiger partial charge in [-0.1, -0.05) is 12.8 Å². The van der Waals surface area contributed by atoms with Crippen LogP contribution < -0.4 is 0 Å². The minimum atomic E-state index is -0.451. The molecule has 2 fully saturated rings. The van der Waals surface area contributed by atoms with Gasteiger partial charge in [-0.15, -0.1) is 0 Å². The molecular formula is C18H29NO4. The Labute approximate surface area is 138 Å². The first-order valence-corrected chi connectivity index (χ1v) is 8.95. The third kappa shape index (κ3) is 5.31. The Bertz CT molecular complexity index is 424. The molecule has 0 aromatic carbocycles. The van der Waals surface area contributed by atoms with Gasteiger partial charge in [-0.3, -0.25) is 4.90 Å². The molecule has 1 aliphatic carbocycles. The molecule has 130 valence electrons. The van der Waals surface area contributed by atoms with Crippen molar-refractivity contribution in [1.82, 2.24) is 4.90 Å². The fourth-order valence-corrected chi connectivity index (χ4v) is 3.63. The highest BCUT2D eigenvalue weighted by Crippen LogP contribution is 2.25. The van der Waals surface area contributed by atoms with Crippen LogP contribution in [0, 0.1) is 0 Å². The van der Waals surface area contributed by atoms with Crippen LogP contribution in [-0.4, -0.2) is 54.6 Å². The Morgan fingerprint density at radius 2 is 2.00 bits per heavy atom. The number of ether oxygens (including phenoxy) is 2. The quantitative estimate of drug-likeness (QED) is 0.797. The van der Waals surface area contributed by atoms with E-state index in [9.17, 15) is 5.11 Å². The number of nitrogens with zero attached hydrogens (tertiary/aromatic N) is 1. The zero-order valence-electron chi connectivity index (χ0n) is 13.9. The second-order valence-corrected chi connectivity index (χ2v) is 6.75. The van der Waals surface area contributed by atoms with Gasteiger partial charge in [-0.05, 0) is 37.8 Å². The lowest BCUT2D eigenvalue weighted by Gasteiger charge is -2.31. The van der Waals surface area contributed by atoms with Gasteiger partial charge < -0.3 is 19.0 Å². The van der Waals surface area contributed by atoms with Crippen LogP contribution in [0.25, 0.3) is 0 Å². The first-order valence-electron chi connectivity index (χ1n) is 8.95. The van der Waals surface area contributed by atoms with Crippen molar-refractivity contribution in [2.24, 2.45) is 0 Å². The lowest BCUT2D eigenvalue weighted by molar-refractivity contribution is -0.0668. The molecule has 5 heteroatoms. The molecule has 5 nitrogen and oxygen atoms in total. The van der Waals surface area contributed by atoms with Crippen molar-refractivity contribution in [1.29, 1.82) is 0 Å². The van der Waals surface area contributed by atoms with Crippen LogP contribution in [0.3, 0.4) is 0 Å². The molecule has 1 saturated heterocycles. The molecule has 1 atom stereocenters. The Morgan fingerprint density at radius 3 is 2.70 bits per heavy atom. The molecule has 1 saturated carbocycles. The van der Waals surface area contributed by atoms with E-state index in [1.807, 2.05) is 12.1 Å². The second-order valence-electron chi connectivity index (χ2n) is 6.75. The highest BCUT2D eigenvalue weighted by molar-refractivity contribution is 4.99. The molecule has 0 spiro atoms. The SMILES string of the molecule is OC(COC1CCOCC1)CN(Cc1ccco1)C1CCCC1. The van der Waals surface area contributed by atoms with E-state index in [1.165, 1.54) is 25.7 Å². The third-order valence-electron chi connectivity index (χ3n) is 4.92. The van der Waals surface area contributed by atoms with Crippen LogP contribution in [0.1, 0.15) is 44.3 Å². The summed E-state index contributed by atoms with van der Waals surface area (Å²) in [5, 5.41) is 10.4. The highest BCUT2D eigenvalue weighted by atomic mass is 16.5. The number of aliphatic hydroxyl groups is 1. The van der Waals surface area contributed by atoms with E-state index in [-0.39, 0.29) is 6.10 Å². The van der Waals surface area contributed by atoms with Gasteiger partial charge in [0.15, 0.2) is 0 Å². The summed E-state index contributed by atoms with van der Waals surface area (Å²) in [4.78, 5) is 2.36. The van der Waals surface area contributed by atoms with E-state index in [2.05, 4.69) is 4.90 Å². The van der Waals surface area contributed by atoms with Crippen molar-refractivity contribution in [2.45, 2.75) is 63.3 Å². The van der Waals surface area contributed by atoms with Crippen LogP contribution >= 0.6 is 0 Å². The van der Waals surface area contributed by atoms with E-state index in [1.54, 1.807) is 6.26 Å². The maximum absolute atomic E-state index is 10.4. The largest absolute Gasteiger partial charge is 0.468 e. The Morgan fingerprint density at radius 1 is 1.22 bits per heavy atom. The van der Waals surface area contributed by atoms with E-state index in [4.69, 9.17) is 13.9 Å². The fraction of sp³-hybridized carbons (Fsp3) is 0.778. The van der Waals surface area contributed by atoms with Crippen molar-refractivity contribution in [2.75, 3.05) is 26.4 Å². The van der Waals surface area contributed by atoms with Crippen molar-refractivity contribution in [3.63, 3.8) is 0 Å². The molecule has 3 rings (SSSR count). The summed E-state index contributed by atoms with van der Waals surface area (Å²) in [7, 11) is 0. The second kappa shape index (κ2) is 8.83. The molecular weight excluding hydrogens is 294 g/mol. The summed E-state index contributed by atoms with van der Waals surface area (Å²) in [5.74, 6) is 0.967. The molecule has 1 aromatic rings. The predicted octanol–water partition coefficient (Wildman–Crippen LogP) is 2.58. The van der Waals surface area contributed by atoms with Gasteiger partial charge in [-0.25, -0.2) is 0 Å². The molecule has 0 radical (unpaired) electrons. The van der Waals surface area contributed by atoms with Crippen molar-refractivity contribution >= 4 is 0 Å². The first-order chi connectivity index (χ1) is 11.3. The number of rotatable bonds is 8. The first kappa shape index (κ1) is 17.0. The standard InChI is InChI=1S/C18H29NO4/c20-16(14-23-17-7-10-21-11-8-17)12-19(15-4-1-2-5-15)13-18-6-3-9-22-18/h3,6,9,15-17,20H,1-2,4-5,7-8,10-14H2. The maximum Gasteiger partial charge on any atom is 0.117 e. The Hall–Kier alpha value is -0.880. The normalized spacial score (nSPS) is 22.0. The van der Waals surface area contributed by atoms with Crippen LogP contribution in [0.4, 0.5) is 0 Å². The van der Waals surface area contributed by atoms with E-state index in [0.29, 0.717) is 19.2 Å². The summed E-state index contributed by atoms with van der Waals surface area (Å²) >= 11 is 0. The summed E-state index contributed by atoms with van der Waals surface area (Å²) in [6.45, 7) is 3.37. The summed E-state index contributed by atoms with van der Waals surface area (Å²) in [5.41, 5.74) is 0. The number of hydrogen-bond acceptors (Lipinski definition) is 5. The zero-order valence-corrected chi connectivity index (χ0v) is 13.9. The Kier molecular flexibility index (Phi) is 6.51. The predicted molar refractivity (Wildman–Crippen MR) is 87.2 cm³/mol. The number of furan rings is 1. The van der Waals surface area contributed by atoms with Crippen LogP contribution in [0.15, 0.2) is 22.8 Å². The van der Waals surface area contributed by atoms with E-state index >= 15 is 0 Å². The van der Waals surface area contributed by atoms with Gasteiger partial charge in [0.05, 0.1) is 31.6 Å². The monoisotopic (exact) mass is 323 g/mol. The third-order valence-corrected chi connectivity index (χ3v) is 4.92. The summed E-state index contributed by atoms with van der Waals surface area (Å²) in [6, 6.07) is 4.48. The highest BCUT2D eigenvalue weighted by Gasteiger charge is 2.26. The van der Waals surface area contributed by atoms with Gasteiger partial charge in [0.2, 0.25) is 0 Å². The van der Waals surface area contributed by atoms with Gasteiger partial charge in [0.25, 0.3) is 0 Å². The van der Waals surface area contributed by atoms with Crippen molar-refractivity contribution in [3.05, 3.63) is 24.2 Å². The maximum atomic E-state index is 10.4. The zero-order chi connectivity index (χ0) is 15.9. The van der Waals surface area contributed by atoms with Crippen LogP contribution in [0.2, 0.25) is 0 Å². The number of aliphatic hydroxyl groups excluding tert-OH is 1. The van der Waals surface area contributed by atoms with Crippen LogP contribution in [0.5, 0.6) is 0 Å². The lowest BCUT2D eigenvalue weighted by atomic mass is 10.1. The molecule has 0 bridgehead atoms. The van der Waals surface area contributed by atoms with E-state index in [0.717, 1.165) is 38.4 Å². The fourth-order valence-electron chi connectivity index (χ4n) is 3.63. The lowest BCUT2D eigenvalue weighted by Crippen LogP contribution is -2.41. The van der Waals surface area contributed by atoms with Crippen molar-refractivity contribution in [3.8, 4) is 0 Å². The number of hydrogen-bond donors (Lipinski definition) is 1. The topological polar surface area (TPSA) is 55.1 Å². The molecule has 1 unspecified atom stereocenters. The molecule has 2 aliphatic rings.